The summed E-state index contributed by atoms with van der Waals surface area (Å²) in [4.78, 5) is 0. The minimum atomic E-state index is 0.758. The van der Waals surface area contributed by atoms with Crippen LogP contribution in [0.25, 0.3) is 5.57 Å². The second-order valence-electron chi connectivity index (χ2n) is 4.71. The predicted molar refractivity (Wildman–Crippen MR) is 80.1 cm³/mol. The Morgan fingerprint density at radius 2 is 1.83 bits per heavy atom. The molecule has 0 aliphatic carbocycles. The second-order valence-corrected chi connectivity index (χ2v) is 5.15. The normalized spacial score (nSPS) is 10.4. The Balaban J connectivity index is 2.18. The topological polar surface area (TPSA) is 0 Å². The molecule has 0 fully saturated rings. The molecule has 0 unspecified atom stereocenters. The van der Waals surface area contributed by atoms with E-state index in [4.69, 9.17) is 11.6 Å². The van der Waals surface area contributed by atoms with Gasteiger partial charge < -0.3 is 0 Å². The zero-order chi connectivity index (χ0) is 13.1. The van der Waals surface area contributed by atoms with E-state index in [1.54, 1.807) is 0 Å². The zero-order valence-corrected chi connectivity index (χ0v) is 11.6. The van der Waals surface area contributed by atoms with E-state index >= 15 is 0 Å². The summed E-state index contributed by atoms with van der Waals surface area (Å²) < 4.78 is 0. The maximum Gasteiger partial charge on any atom is 0.0412 e. The maximum absolute atomic E-state index is 6.00. The van der Waals surface area contributed by atoms with Gasteiger partial charge in [-0.3, -0.25) is 0 Å². The van der Waals surface area contributed by atoms with Crippen molar-refractivity contribution in [2.75, 3.05) is 0 Å². The maximum atomic E-state index is 6.00. The predicted octanol–water partition coefficient (Wildman–Crippen LogP) is 5.21. The number of hydrogen-bond acceptors (Lipinski definition) is 0. The third-order valence-corrected chi connectivity index (χ3v) is 3.46. The van der Waals surface area contributed by atoms with Gasteiger partial charge in [-0.2, -0.15) is 0 Å². The van der Waals surface area contributed by atoms with Gasteiger partial charge in [0.25, 0.3) is 0 Å². The first-order valence-electron chi connectivity index (χ1n) is 6.06. The van der Waals surface area contributed by atoms with Crippen LogP contribution in [0.1, 0.15) is 22.3 Å². The third kappa shape index (κ3) is 3.02. The van der Waals surface area contributed by atoms with E-state index in [0.717, 1.165) is 22.6 Å². The van der Waals surface area contributed by atoms with Gasteiger partial charge in [-0.15, -0.1) is 0 Å². The molecule has 0 heterocycles. The van der Waals surface area contributed by atoms with Gasteiger partial charge >= 0.3 is 0 Å². The molecule has 2 aromatic carbocycles. The lowest BCUT2D eigenvalue weighted by molar-refractivity contribution is 1.23. The van der Waals surface area contributed by atoms with Gasteiger partial charge in [-0.05, 0) is 60.2 Å². The molecule has 0 saturated carbocycles. The molecule has 2 rings (SSSR count). The van der Waals surface area contributed by atoms with E-state index in [1.165, 1.54) is 16.7 Å². The first-order chi connectivity index (χ1) is 8.56. The lowest BCUT2D eigenvalue weighted by Gasteiger charge is -2.08. The van der Waals surface area contributed by atoms with Crippen LogP contribution in [-0.4, -0.2) is 0 Å². The van der Waals surface area contributed by atoms with E-state index < -0.39 is 0 Å². The number of halogens is 1. The van der Waals surface area contributed by atoms with Crippen molar-refractivity contribution in [3.8, 4) is 0 Å². The summed E-state index contributed by atoms with van der Waals surface area (Å²) in [7, 11) is 0. The Kier molecular flexibility index (Phi) is 3.88. The van der Waals surface area contributed by atoms with E-state index in [2.05, 4.69) is 44.7 Å². The van der Waals surface area contributed by atoms with Gasteiger partial charge in [-0.25, -0.2) is 0 Å². The fraction of sp³-hybridized carbons (Fsp3) is 0.176. The molecule has 2 aromatic rings. The molecule has 0 bridgehead atoms. The van der Waals surface area contributed by atoms with Crippen LogP contribution in [0.4, 0.5) is 0 Å². The Morgan fingerprint density at radius 3 is 2.50 bits per heavy atom. The van der Waals surface area contributed by atoms with Crippen LogP contribution in [0, 0.1) is 13.8 Å². The molecule has 0 aliphatic rings. The fourth-order valence-electron chi connectivity index (χ4n) is 1.97. The molecule has 1 heteroatoms. The monoisotopic (exact) mass is 256 g/mol. The van der Waals surface area contributed by atoms with Crippen molar-refractivity contribution in [3.63, 3.8) is 0 Å². The summed E-state index contributed by atoms with van der Waals surface area (Å²) in [5.41, 5.74) is 6.16. The molecule has 0 N–H and O–H groups in total. The smallest absolute Gasteiger partial charge is 0.0412 e. The van der Waals surface area contributed by atoms with Crippen molar-refractivity contribution >= 4 is 17.2 Å². The average Bonchev–Trinajstić information content (AvgIpc) is 2.34. The molecule has 0 radical (unpaired) electrons. The van der Waals surface area contributed by atoms with Crippen molar-refractivity contribution in [1.29, 1.82) is 0 Å². The SMILES string of the molecule is C=C(Cc1ccc(C)c(C)c1)c1cccc(Cl)c1. The van der Waals surface area contributed by atoms with Gasteiger partial charge in [0, 0.05) is 5.02 Å². The molecular weight excluding hydrogens is 240 g/mol. The molecule has 0 saturated heterocycles. The highest BCUT2D eigenvalue weighted by Crippen LogP contribution is 2.22. The number of aryl methyl sites for hydroxylation is 2. The first-order valence-corrected chi connectivity index (χ1v) is 6.44. The van der Waals surface area contributed by atoms with Crippen LogP contribution in [-0.2, 0) is 6.42 Å². The Labute approximate surface area is 114 Å². The van der Waals surface area contributed by atoms with E-state index in [9.17, 15) is 0 Å². The summed E-state index contributed by atoms with van der Waals surface area (Å²) in [6, 6.07) is 14.4. The molecule has 0 aromatic heterocycles. The molecule has 0 atom stereocenters. The molecule has 0 spiro atoms. The van der Waals surface area contributed by atoms with Crippen LogP contribution in [0.2, 0.25) is 5.02 Å². The van der Waals surface area contributed by atoms with E-state index in [-0.39, 0.29) is 0 Å². The molecular formula is C17H17Cl. The second kappa shape index (κ2) is 5.41. The molecule has 0 aliphatic heterocycles. The highest BCUT2D eigenvalue weighted by molar-refractivity contribution is 6.30. The molecule has 18 heavy (non-hydrogen) atoms. The van der Waals surface area contributed by atoms with Crippen LogP contribution in [0.3, 0.4) is 0 Å². The van der Waals surface area contributed by atoms with Crippen LogP contribution >= 0.6 is 11.6 Å². The average molecular weight is 257 g/mol. The molecule has 0 amide bonds. The van der Waals surface area contributed by atoms with Gasteiger partial charge in [0.05, 0.1) is 0 Å². The van der Waals surface area contributed by atoms with Crippen LogP contribution in [0.15, 0.2) is 49.0 Å². The van der Waals surface area contributed by atoms with Crippen molar-refractivity contribution in [3.05, 3.63) is 76.3 Å². The van der Waals surface area contributed by atoms with Crippen molar-refractivity contribution < 1.29 is 0 Å². The van der Waals surface area contributed by atoms with Gasteiger partial charge in [0.15, 0.2) is 0 Å². The summed E-state index contributed by atoms with van der Waals surface area (Å²) in [5, 5.41) is 0.758. The Bertz CT molecular complexity index is 582. The van der Waals surface area contributed by atoms with Crippen molar-refractivity contribution in [2.24, 2.45) is 0 Å². The number of allylic oxidation sites excluding steroid dienone is 1. The van der Waals surface area contributed by atoms with E-state index in [0.29, 0.717) is 0 Å². The number of hydrogen-bond donors (Lipinski definition) is 0. The van der Waals surface area contributed by atoms with Crippen LogP contribution < -0.4 is 0 Å². The fourth-order valence-corrected chi connectivity index (χ4v) is 2.16. The van der Waals surface area contributed by atoms with Gasteiger partial charge in [0.1, 0.15) is 0 Å². The minimum Gasteiger partial charge on any atom is -0.0949 e. The van der Waals surface area contributed by atoms with Crippen molar-refractivity contribution in [1.82, 2.24) is 0 Å². The highest BCUT2D eigenvalue weighted by atomic mass is 35.5. The summed E-state index contributed by atoms with van der Waals surface area (Å²) in [6.45, 7) is 8.42. The Hall–Kier alpha value is -1.53. The standard InChI is InChI=1S/C17H17Cl/c1-12-7-8-15(9-13(12)2)10-14(3)16-5-4-6-17(18)11-16/h4-9,11H,3,10H2,1-2H3. The van der Waals surface area contributed by atoms with E-state index in [1.807, 2.05) is 18.2 Å². The van der Waals surface area contributed by atoms with Crippen LogP contribution in [0.5, 0.6) is 0 Å². The Morgan fingerprint density at radius 1 is 1.06 bits per heavy atom. The summed E-state index contributed by atoms with van der Waals surface area (Å²) in [5.74, 6) is 0. The van der Waals surface area contributed by atoms with Crippen molar-refractivity contribution in [2.45, 2.75) is 20.3 Å². The first kappa shape index (κ1) is 12.9. The van der Waals surface area contributed by atoms with Gasteiger partial charge in [-0.1, -0.05) is 48.5 Å². The zero-order valence-electron chi connectivity index (χ0n) is 10.8. The quantitative estimate of drug-likeness (QED) is 0.707. The lowest BCUT2D eigenvalue weighted by Crippen LogP contribution is -1.91. The largest absolute Gasteiger partial charge is 0.0949 e. The number of rotatable bonds is 3. The lowest BCUT2D eigenvalue weighted by atomic mass is 9.97. The third-order valence-electron chi connectivity index (χ3n) is 3.22. The molecule has 0 nitrogen and oxygen atoms in total. The number of benzene rings is 2. The summed E-state index contributed by atoms with van der Waals surface area (Å²) >= 11 is 6.00. The highest BCUT2D eigenvalue weighted by Gasteiger charge is 2.03. The molecule has 92 valence electrons. The van der Waals surface area contributed by atoms with Gasteiger partial charge in [0.2, 0.25) is 0 Å². The summed E-state index contributed by atoms with van der Waals surface area (Å²) in [6.07, 6.45) is 0.863. The minimum absolute atomic E-state index is 0.758.